The fraction of sp³-hybridized carbons (Fsp3) is 0.882. The molecule has 0 N–H and O–H groups in total. The summed E-state index contributed by atoms with van der Waals surface area (Å²) in [4.78, 5) is 23.9. The SMILES string of the molecule is CCC(C)(C)C(=O)OCC(=O)OC1(CC)CC2CCC1C2. The van der Waals surface area contributed by atoms with Gasteiger partial charge in [-0.15, -0.1) is 0 Å². The van der Waals surface area contributed by atoms with Crippen LogP contribution in [0.3, 0.4) is 0 Å². The van der Waals surface area contributed by atoms with Gasteiger partial charge >= 0.3 is 11.9 Å². The van der Waals surface area contributed by atoms with E-state index in [2.05, 4.69) is 6.92 Å². The Kier molecular flexibility index (Phi) is 4.64. The van der Waals surface area contributed by atoms with Crippen LogP contribution in [0.2, 0.25) is 0 Å². The summed E-state index contributed by atoms with van der Waals surface area (Å²) in [5, 5.41) is 0. The van der Waals surface area contributed by atoms with Gasteiger partial charge in [-0.25, -0.2) is 4.79 Å². The lowest BCUT2D eigenvalue weighted by molar-refractivity contribution is -0.178. The van der Waals surface area contributed by atoms with E-state index >= 15 is 0 Å². The smallest absolute Gasteiger partial charge is 0.344 e. The molecule has 2 fully saturated rings. The predicted molar refractivity (Wildman–Crippen MR) is 79.6 cm³/mol. The summed E-state index contributed by atoms with van der Waals surface area (Å²) in [6.07, 6.45) is 6.13. The molecule has 0 amide bonds. The van der Waals surface area contributed by atoms with Gasteiger partial charge < -0.3 is 9.47 Å². The van der Waals surface area contributed by atoms with E-state index in [1.54, 1.807) is 0 Å². The highest BCUT2D eigenvalue weighted by atomic mass is 16.6. The average molecular weight is 296 g/mol. The van der Waals surface area contributed by atoms with Crippen LogP contribution in [-0.4, -0.2) is 24.1 Å². The van der Waals surface area contributed by atoms with E-state index in [-0.39, 0.29) is 18.2 Å². The van der Waals surface area contributed by atoms with Crippen LogP contribution in [0.15, 0.2) is 0 Å². The zero-order valence-corrected chi connectivity index (χ0v) is 13.7. The lowest BCUT2D eigenvalue weighted by Gasteiger charge is -2.36. The summed E-state index contributed by atoms with van der Waals surface area (Å²) in [6, 6.07) is 0. The van der Waals surface area contributed by atoms with Crippen LogP contribution in [0.5, 0.6) is 0 Å². The maximum atomic E-state index is 12.1. The molecule has 0 heterocycles. The third-order valence-electron chi connectivity index (χ3n) is 5.59. The maximum absolute atomic E-state index is 12.1. The first-order chi connectivity index (χ1) is 9.83. The van der Waals surface area contributed by atoms with Gasteiger partial charge in [-0.3, -0.25) is 4.79 Å². The molecule has 2 aliphatic rings. The molecule has 0 aliphatic heterocycles. The number of hydrogen-bond acceptors (Lipinski definition) is 4. The summed E-state index contributed by atoms with van der Waals surface area (Å²) in [7, 11) is 0. The van der Waals surface area contributed by atoms with Gasteiger partial charge in [0.15, 0.2) is 6.61 Å². The Labute approximate surface area is 127 Å². The fourth-order valence-electron chi connectivity index (χ4n) is 3.74. The number of esters is 2. The van der Waals surface area contributed by atoms with Gasteiger partial charge in [0.2, 0.25) is 0 Å². The Bertz CT molecular complexity index is 415. The van der Waals surface area contributed by atoms with Gasteiger partial charge in [-0.2, -0.15) is 0 Å². The molecule has 120 valence electrons. The molecule has 3 atom stereocenters. The Morgan fingerprint density at radius 3 is 2.43 bits per heavy atom. The first kappa shape index (κ1) is 16.3. The molecule has 21 heavy (non-hydrogen) atoms. The molecule has 0 radical (unpaired) electrons. The highest BCUT2D eigenvalue weighted by Crippen LogP contribution is 2.54. The van der Waals surface area contributed by atoms with E-state index < -0.39 is 11.4 Å². The molecule has 0 spiro atoms. The van der Waals surface area contributed by atoms with Crippen molar-refractivity contribution in [1.29, 1.82) is 0 Å². The highest BCUT2D eigenvalue weighted by molar-refractivity contribution is 5.80. The zero-order valence-electron chi connectivity index (χ0n) is 13.7. The Hall–Kier alpha value is -1.06. The van der Waals surface area contributed by atoms with Crippen LogP contribution in [0.25, 0.3) is 0 Å². The van der Waals surface area contributed by atoms with Gasteiger partial charge in [0.1, 0.15) is 5.60 Å². The number of ether oxygens (including phenoxy) is 2. The molecule has 0 aromatic heterocycles. The maximum Gasteiger partial charge on any atom is 0.344 e. The van der Waals surface area contributed by atoms with Crippen molar-refractivity contribution in [3.8, 4) is 0 Å². The lowest BCUT2D eigenvalue weighted by Crippen LogP contribution is -2.41. The minimum atomic E-state index is -0.546. The highest BCUT2D eigenvalue weighted by Gasteiger charge is 2.52. The van der Waals surface area contributed by atoms with Crippen LogP contribution >= 0.6 is 0 Å². The molecule has 4 nitrogen and oxygen atoms in total. The van der Waals surface area contributed by atoms with Gasteiger partial charge in [-0.05, 0) is 64.2 Å². The molecule has 2 saturated carbocycles. The third-order valence-corrected chi connectivity index (χ3v) is 5.59. The molecule has 2 bridgehead atoms. The Morgan fingerprint density at radius 1 is 1.24 bits per heavy atom. The largest absolute Gasteiger partial charge is 0.456 e. The molecular weight excluding hydrogens is 268 g/mol. The molecule has 2 rings (SSSR count). The topological polar surface area (TPSA) is 52.6 Å². The lowest BCUT2D eigenvalue weighted by atomic mass is 9.82. The van der Waals surface area contributed by atoms with Crippen molar-refractivity contribution in [3.05, 3.63) is 0 Å². The number of carbonyl (C=O) groups excluding carboxylic acids is 2. The molecule has 4 heteroatoms. The normalized spacial score (nSPS) is 31.2. The van der Waals surface area contributed by atoms with Gasteiger partial charge in [-0.1, -0.05) is 13.8 Å². The first-order valence-corrected chi connectivity index (χ1v) is 8.22. The van der Waals surface area contributed by atoms with Crippen molar-refractivity contribution in [1.82, 2.24) is 0 Å². The van der Waals surface area contributed by atoms with Crippen molar-refractivity contribution in [2.75, 3.05) is 6.61 Å². The van der Waals surface area contributed by atoms with Crippen molar-refractivity contribution in [3.63, 3.8) is 0 Å². The van der Waals surface area contributed by atoms with E-state index in [4.69, 9.17) is 9.47 Å². The molecule has 0 aromatic rings. The Morgan fingerprint density at radius 2 is 1.95 bits per heavy atom. The van der Waals surface area contributed by atoms with Gasteiger partial charge in [0.25, 0.3) is 0 Å². The van der Waals surface area contributed by atoms with Crippen LogP contribution in [0.4, 0.5) is 0 Å². The van der Waals surface area contributed by atoms with Crippen molar-refractivity contribution < 1.29 is 19.1 Å². The van der Waals surface area contributed by atoms with Crippen LogP contribution < -0.4 is 0 Å². The second kappa shape index (κ2) is 5.98. The third kappa shape index (κ3) is 3.24. The number of hydrogen-bond donors (Lipinski definition) is 0. The van der Waals surface area contributed by atoms with Crippen molar-refractivity contribution in [2.24, 2.45) is 17.3 Å². The van der Waals surface area contributed by atoms with E-state index in [0.717, 1.165) is 19.3 Å². The van der Waals surface area contributed by atoms with Gasteiger partial charge in [0, 0.05) is 0 Å². The number of rotatable bonds is 6. The standard InChI is InChI=1S/C17H28O4/c1-5-16(3,4)15(19)20-11-14(18)21-17(6-2)10-12-7-8-13(17)9-12/h12-13H,5-11H2,1-4H3. The summed E-state index contributed by atoms with van der Waals surface area (Å²) >= 11 is 0. The monoisotopic (exact) mass is 296 g/mol. The predicted octanol–water partition coefficient (Wildman–Crippen LogP) is 3.48. The van der Waals surface area contributed by atoms with Gasteiger partial charge in [0.05, 0.1) is 5.41 Å². The van der Waals surface area contributed by atoms with Crippen LogP contribution in [0.1, 0.15) is 66.2 Å². The van der Waals surface area contributed by atoms with Crippen molar-refractivity contribution >= 4 is 11.9 Å². The summed E-state index contributed by atoms with van der Waals surface area (Å²) < 4.78 is 10.9. The minimum Gasteiger partial charge on any atom is -0.456 e. The minimum absolute atomic E-state index is 0.263. The summed E-state index contributed by atoms with van der Waals surface area (Å²) in [5.41, 5.74) is -0.845. The number of carbonyl (C=O) groups is 2. The van der Waals surface area contributed by atoms with E-state index in [9.17, 15) is 9.59 Å². The summed E-state index contributed by atoms with van der Waals surface area (Å²) in [6.45, 7) is 7.40. The van der Waals surface area contributed by atoms with E-state index in [1.165, 1.54) is 12.8 Å². The molecule has 0 saturated heterocycles. The summed E-state index contributed by atoms with van der Waals surface area (Å²) in [5.74, 6) is 0.480. The van der Waals surface area contributed by atoms with E-state index in [0.29, 0.717) is 18.3 Å². The number of fused-ring (bicyclic) bond motifs is 2. The van der Waals surface area contributed by atoms with Crippen molar-refractivity contribution in [2.45, 2.75) is 71.8 Å². The molecular formula is C17H28O4. The second-order valence-electron chi connectivity index (χ2n) is 7.29. The average Bonchev–Trinajstić information content (AvgIpc) is 3.05. The molecule has 2 aliphatic carbocycles. The van der Waals surface area contributed by atoms with Crippen LogP contribution in [-0.2, 0) is 19.1 Å². The van der Waals surface area contributed by atoms with E-state index in [1.807, 2.05) is 20.8 Å². The van der Waals surface area contributed by atoms with Crippen LogP contribution in [0, 0.1) is 17.3 Å². The fourth-order valence-corrected chi connectivity index (χ4v) is 3.74. The molecule has 3 unspecified atom stereocenters. The first-order valence-electron chi connectivity index (χ1n) is 8.22. The quantitative estimate of drug-likeness (QED) is 0.704. The Balaban J connectivity index is 1.86. The molecule has 0 aromatic carbocycles. The second-order valence-corrected chi connectivity index (χ2v) is 7.29. The zero-order chi connectivity index (χ0) is 15.7.